The van der Waals surface area contributed by atoms with E-state index in [0.29, 0.717) is 18.4 Å². The van der Waals surface area contributed by atoms with Crippen LogP contribution in [0.25, 0.3) is 0 Å². The van der Waals surface area contributed by atoms with Crippen LogP contribution < -0.4 is 0 Å². The Hall–Kier alpha value is -1.12. The second-order valence-electron chi connectivity index (χ2n) is 9.43. The van der Waals surface area contributed by atoms with E-state index in [-0.39, 0.29) is 17.0 Å². The first-order valence-corrected chi connectivity index (χ1v) is 11.9. The van der Waals surface area contributed by atoms with Crippen LogP contribution in [0.1, 0.15) is 124 Å². The maximum Gasteiger partial charge on any atom is 0.168 e. The zero-order valence-electron chi connectivity index (χ0n) is 18.9. The van der Waals surface area contributed by atoms with Gasteiger partial charge >= 0.3 is 0 Å². The van der Waals surface area contributed by atoms with Gasteiger partial charge in [-0.25, -0.2) is 0 Å². The lowest BCUT2D eigenvalue weighted by atomic mass is 9.77. The SMILES string of the molecule is CCCCCCCCCCCCCCCCN=CC1=C(O)CC(C)(C)CC1=O. The monoisotopic (exact) mass is 391 g/mol. The van der Waals surface area contributed by atoms with Crippen LogP contribution in [0.2, 0.25) is 0 Å². The standard InChI is InChI=1S/C25H45NO2/c1-4-5-6-7-8-9-10-11-12-13-14-15-16-17-18-26-21-22-23(27)19-25(2,3)20-24(22)28/h21,27H,4-20H2,1-3H3. The van der Waals surface area contributed by atoms with E-state index < -0.39 is 0 Å². The van der Waals surface area contributed by atoms with Gasteiger partial charge in [0.05, 0.1) is 5.57 Å². The number of allylic oxidation sites excluding steroid dienone is 2. The lowest BCUT2D eigenvalue weighted by molar-refractivity contribution is -0.117. The van der Waals surface area contributed by atoms with E-state index in [2.05, 4.69) is 11.9 Å². The van der Waals surface area contributed by atoms with Gasteiger partial charge in [-0.15, -0.1) is 0 Å². The van der Waals surface area contributed by atoms with E-state index in [1.165, 1.54) is 83.5 Å². The molecule has 0 aromatic carbocycles. The van der Waals surface area contributed by atoms with Crippen LogP contribution in [0.5, 0.6) is 0 Å². The molecule has 0 atom stereocenters. The Kier molecular flexibility index (Phi) is 13.2. The Balaban J connectivity index is 1.94. The minimum absolute atomic E-state index is 0.0264. The van der Waals surface area contributed by atoms with Gasteiger partial charge in [0.25, 0.3) is 0 Å². The maximum absolute atomic E-state index is 12.1. The Morgan fingerprint density at radius 2 is 1.29 bits per heavy atom. The highest BCUT2D eigenvalue weighted by atomic mass is 16.3. The van der Waals surface area contributed by atoms with Crippen LogP contribution in [-0.2, 0) is 4.79 Å². The van der Waals surface area contributed by atoms with Crippen molar-refractivity contribution in [3.8, 4) is 0 Å². The molecule has 1 aliphatic carbocycles. The first-order valence-electron chi connectivity index (χ1n) is 11.9. The molecule has 0 saturated heterocycles. The van der Waals surface area contributed by atoms with Crippen molar-refractivity contribution in [2.45, 2.75) is 124 Å². The number of unbranched alkanes of at least 4 members (excludes halogenated alkanes) is 13. The molecule has 3 nitrogen and oxygen atoms in total. The number of rotatable bonds is 16. The minimum Gasteiger partial charge on any atom is -0.511 e. The van der Waals surface area contributed by atoms with Crippen molar-refractivity contribution in [1.82, 2.24) is 0 Å². The highest BCUT2D eigenvalue weighted by Gasteiger charge is 2.32. The number of carbonyl (C=O) groups is 1. The predicted molar refractivity (Wildman–Crippen MR) is 121 cm³/mol. The summed E-state index contributed by atoms with van der Waals surface area (Å²) in [5, 5.41) is 10.1. The Bertz CT molecular complexity index is 491. The summed E-state index contributed by atoms with van der Waals surface area (Å²) in [7, 11) is 0. The number of hydrogen-bond donors (Lipinski definition) is 1. The molecular formula is C25H45NO2. The van der Waals surface area contributed by atoms with E-state index in [1.807, 2.05) is 13.8 Å². The number of nitrogens with zero attached hydrogens (tertiary/aromatic N) is 1. The number of hydrogen-bond acceptors (Lipinski definition) is 3. The topological polar surface area (TPSA) is 49.7 Å². The third-order valence-corrected chi connectivity index (χ3v) is 5.76. The summed E-state index contributed by atoms with van der Waals surface area (Å²) < 4.78 is 0. The van der Waals surface area contributed by atoms with Gasteiger partial charge in [0, 0.05) is 25.6 Å². The molecule has 0 fully saturated rings. The molecule has 0 spiro atoms. The second-order valence-corrected chi connectivity index (χ2v) is 9.43. The van der Waals surface area contributed by atoms with Gasteiger partial charge in [-0.3, -0.25) is 9.79 Å². The summed E-state index contributed by atoms with van der Waals surface area (Å²) in [6.07, 6.45) is 21.6. The maximum atomic E-state index is 12.1. The number of aliphatic hydroxyl groups excluding tert-OH is 1. The van der Waals surface area contributed by atoms with E-state index in [0.717, 1.165) is 13.0 Å². The average Bonchev–Trinajstić information content (AvgIpc) is 2.62. The van der Waals surface area contributed by atoms with E-state index in [4.69, 9.17) is 0 Å². The number of Topliss-reactive ketones (excluding diaryl/α,β-unsaturated/α-hetero) is 1. The smallest absolute Gasteiger partial charge is 0.168 e. The van der Waals surface area contributed by atoms with Crippen molar-refractivity contribution >= 4 is 12.0 Å². The molecule has 0 amide bonds. The second kappa shape index (κ2) is 14.8. The highest BCUT2D eigenvalue weighted by molar-refractivity contribution is 6.14. The normalized spacial score (nSPS) is 17.0. The lowest BCUT2D eigenvalue weighted by Gasteiger charge is -2.28. The number of carbonyl (C=O) groups excluding carboxylic acids is 1. The summed E-state index contributed by atoms with van der Waals surface area (Å²) in [5.41, 5.74) is 0.303. The van der Waals surface area contributed by atoms with Gasteiger partial charge < -0.3 is 5.11 Å². The van der Waals surface area contributed by atoms with Crippen molar-refractivity contribution in [3.05, 3.63) is 11.3 Å². The van der Waals surface area contributed by atoms with Crippen LogP contribution in [0.4, 0.5) is 0 Å². The molecule has 1 aliphatic rings. The van der Waals surface area contributed by atoms with Crippen LogP contribution >= 0.6 is 0 Å². The summed E-state index contributed by atoms with van der Waals surface area (Å²) >= 11 is 0. The molecule has 0 heterocycles. The lowest BCUT2D eigenvalue weighted by Crippen LogP contribution is -2.26. The average molecular weight is 392 g/mol. The molecule has 0 aromatic heterocycles. The number of aliphatic imine (C=N–C) groups is 1. The third kappa shape index (κ3) is 11.7. The molecule has 28 heavy (non-hydrogen) atoms. The van der Waals surface area contributed by atoms with Crippen molar-refractivity contribution in [1.29, 1.82) is 0 Å². The van der Waals surface area contributed by atoms with E-state index in [1.54, 1.807) is 6.21 Å². The molecule has 0 bridgehead atoms. The van der Waals surface area contributed by atoms with Crippen molar-refractivity contribution in [2.24, 2.45) is 10.4 Å². The van der Waals surface area contributed by atoms with Crippen LogP contribution in [-0.4, -0.2) is 23.6 Å². The largest absolute Gasteiger partial charge is 0.511 e. The fraction of sp³-hybridized carbons (Fsp3) is 0.840. The van der Waals surface area contributed by atoms with Crippen LogP contribution in [0, 0.1) is 5.41 Å². The molecule has 1 N–H and O–H groups in total. The van der Waals surface area contributed by atoms with E-state index in [9.17, 15) is 9.90 Å². The van der Waals surface area contributed by atoms with Crippen molar-refractivity contribution in [2.75, 3.05) is 6.54 Å². The first kappa shape index (κ1) is 24.9. The molecule has 0 unspecified atom stereocenters. The third-order valence-electron chi connectivity index (χ3n) is 5.76. The molecular weight excluding hydrogens is 346 g/mol. The number of ketones is 1. The van der Waals surface area contributed by atoms with Gasteiger partial charge in [0.15, 0.2) is 5.78 Å². The summed E-state index contributed by atoms with van der Waals surface area (Å²) in [6.45, 7) is 7.07. The number of aliphatic hydroxyl groups is 1. The zero-order valence-corrected chi connectivity index (χ0v) is 18.9. The predicted octanol–water partition coefficient (Wildman–Crippen LogP) is 7.74. The Labute approximate surface area is 174 Å². The minimum atomic E-state index is -0.132. The van der Waals surface area contributed by atoms with Crippen molar-refractivity contribution in [3.63, 3.8) is 0 Å². The molecule has 0 aromatic rings. The summed E-state index contributed by atoms with van der Waals surface area (Å²) in [5.74, 6) is 0.240. The molecule has 3 heteroatoms. The fourth-order valence-corrected chi connectivity index (χ4v) is 4.00. The Morgan fingerprint density at radius 3 is 1.75 bits per heavy atom. The van der Waals surface area contributed by atoms with Crippen LogP contribution in [0.15, 0.2) is 16.3 Å². The fourth-order valence-electron chi connectivity index (χ4n) is 4.00. The molecule has 1 rings (SSSR count). The summed E-state index contributed by atoms with van der Waals surface area (Å²) in [4.78, 5) is 16.5. The Morgan fingerprint density at radius 1 is 0.821 bits per heavy atom. The molecule has 0 aliphatic heterocycles. The van der Waals surface area contributed by atoms with Gasteiger partial charge in [-0.05, 0) is 11.8 Å². The van der Waals surface area contributed by atoms with Gasteiger partial charge in [-0.2, -0.15) is 0 Å². The molecule has 0 saturated carbocycles. The van der Waals surface area contributed by atoms with Gasteiger partial charge in [0.1, 0.15) is 5.76 Å². The quantitative estimate of drug-likeness (QED) is 0.216. The van der Waals surface area contributed by atoms with E-state index >= 15 is 0 Å². The van der Waals surface area contributed by atoms with Gasteiger partial charge in [0.2, 0.25) is 0 Å². The van der Waals surface area contributed by atoms with Crippen molar-refractivity contribution < 1.29 is 9.90 Å². The highest BCUT2D eigenvalue weighted by Crippen LogP contribution is 2.35. The zero-order chi connectivity index (χ0) is 20.7. The van der Waals surface area contributed by atoms with Crippen LogP contribution in [0.3, 0.4) is 0 Å². The molecule has 0 radical (unpaired) electrons. The molecule has 162 valence electrons. The van der Waals surface area contributed by atoms with Gasteiger partial charge in [-0.1, -0.05) is 104 Å². The summed E-state index contributed by atoms with van der Waals surface area (Å²) in [6, 6.07) is 0. The first-order chi connectivity index (χ1) is 13.5.